The van der Waals surface area contributed by atoms with Crippen LogP contribution in [0.25, 0.3) is 0 Å². The molecule has 0 unspecified atom stereocenters. The van der Waals surface area contributed by atoms with Crippen LogP contribution in [0.15, 0.2) is 42.5 Å². The van der Waals surface area contributed by atoms with E-state index < -0.39 is 11.7 Å². The Kier molecular flexibility index (Phi) is 4.33. The molecule has 0 heterocycles. The lowest BCUT2D eigenvalue weighted by molar-refractivity contribution is -0.114. The summed E-state index contributed by atoms with van der Waals surface area (Å²) >= 11 is 0. The molecule has 0 fully saturated rings. The van der Waals surface area contributed by atoms with E-state index in [4.69, 9.17) is 0 Å². The van der Waals surface area contributed by atoms with E-state index in [9.17, 15) is 14.0 Å². The molecule has 0 radical (unpaired) electrons. The summed E-state index contributed by atoms with van der Waals surface area (Å²) < 4.78 is 13.7. The first-order valence-electron chi connectivity index (χ1n) is 6.41. The smallest absolute Gasteiger partial charge is 0.258 e. The van der Waals surface area contributed by atoms with Gasteiger partial charge >= 0.3 is 0 Å². The quantitative estimate of drug-likeness (QED) is 0.909. The highest BCUT2D eigenvalue weighted by Gasteiger charge is 2.11. The molecule has 0 aliphatic carbocycles. The van der Waals surface area contributed by atoms with Crippen molar-refractivity contribution in [3.05, 3.63) is 59.4 Å². The summed E-state index contributed by atoms with van der Waals surface area (Å²) in [6.45, 7) is 3.17. The Morgan fingerprint density at radius 3 is 2.05 bits per heavy atom. The van der Waals surface area contributed by atoms with Gasteiger partial charge in [0.1, 0.15) is 5.82 Å². The number of nitrogens with one attached hydrogen (secondary N) is 2. The number of amides is 2. The minimum absolute atomic E-state index is 0.00784. The minimum atomic E-state index is -0.553. The van der Waals surface area contributed by atoms with Gasteiger partial charge in [-0.1, -0.05) is 6.07 Å². The van der Waals surface area contributed by atoms with Crippen LogP contribution in [-0.2, 0) is 4.79 Å². The Morgan fingerprint density at radius 1 is 0.952 bits per heavy atom. The van der Waals surface area contributed by atoms with Gasteiger partial charge in [-0.3, -0.25) is 9.59 Å². The standard InChI is InChI=1S/C16H15FN2O2/c1-10-3-8-14(15(17)9-10)16(21)19-13-6-4-12(5-7-13)18-11(2)20/h3-9H,1-2H3,(H,18,20)(H,19,21). The van der Waals surface area contributed by atoms with Crippen molar-refractivity contribution in [1.29, 1.82) is 0 Å². The fourth-order valence-electron chi connectivity index (χ4n) is 1.84. The molecular weight excluding hydrogens is 271 g/mol. The van der Waals surface area contributed by atoms with Crippen molar-refractivity contribution in [2.75, 3.05) is 10.6 Å². The van der Waals surface area contributed by atoms with E-state index in [0.717, 1.165) is 5.56 Å². The van der Waals surface area contributed by atoms with E-state index in [-0.39, 0.29) is 11.5 Å². The third-order valence-electron chi connectivity index (χ3n) is 2.83. The van der Waals surface area contributed by atoms with Crippen LogP contribution >= 0.6 is 0 Å². The highest BCUT2D eigenvalue weighted by molar-refractivity contribution is 6.04. The van der Waals surface area contributed by atoms with Gasteiger partial charge in [0.15, 0.2) is 0 Å². The van der Waals surface area contributed by atoms with Crippen LogP contribution in [-0.4, -0.2) is 11.8 Å². The molecule has 4 nitrogen and oxygen atoms in total. The number of hydrogen-bond acceptors (Lipinski definition) is 2. The van der Waals surface area contributed by atoms with Crippen LogP contribution in [0.4, 0.5) is 15.8 Å². The van der Waals surface area contributed by atoms with Crippen molar-refractivity contribution in [2.24, 2.45) is 0 Å². The topological polar surface area (TPSA) is 58.2 Å². The highest BCUT2D eigenvalue weighted by Crippen LogP contribution is 2.16. The molecule has 0 aromatic heterocycles. The Morgan fingerprint density at radius 2 is 1.52 bits per heavy atom. The normalized spacial score (nSPS) is 10.0. The van der Waals surface area contributed by atoms with Crippen LogP contribution in [0.3, 0.4) is 0 Å². The predicted octanol–water partition coefficient (Wildman–Crippen LogP) is 3.34. The fraction of sp³-hybridized carbons (Fsp3) is 0.125. The zero-order chi connectivity index (χ0) is 15.4. The molecule has 5 heteroatoms. The fourth-order valence-corrected chi connectivity index (χ4v) is 1.84. The molecule has 2 aromatic carbocycles. The summed E-state index contributed by atoms with van der Waals surface area (Å²) in [7, 11) is 0. The minimum Gasteiger partial charge on any atom is -0.326 e. The maximum absolute atomic E-state index is 13.7. The van der Waals surface area contributed by atoms with Crippen LogP contribution in [0.5, 0.6) is 0 Å². The molecule has 0 spiro atoms. The van der Waals surface area contributed by atoms with Crippen molar-refractivity contribution in [3.63, 3.8) is 0 Å². The van der Waals surface area contributed by atoms with Crippen molar-refractivity contribution in [3.8, 4) is 0 Å². The molecule has 2 aromatic rings. The average Bonchev–Trinajstić information content (AvgIpc) is 2.40. The van der Waals surface area contributed by atoms with Gasteiger partial charge in [0.2, 0.25) is 5.91 Å². The van der Waals surface area contributed by atoms with Crippen LogP contribution in [0.2, 0.25) is 0 Å². The number of carbonyl (C=O) groups excluding carboxylic acids is 2. The molecule has 0 aliphatic heterocycles. The second kappa shape index (κ2) is 6.17. The van der Waals surface area contributed by atoms with Crippen molar-refractivity contribution < 1.29 is 14.0 Å². The molecule has 2 amide bonds. The van der Waals surface area contributed by atoms with E-state index in [0.29, 0.717) is 11.4 Å². The molecule has 108 valence electrons. The number of rotatable bonds is 3. The Hall–Kier alpha value is -2.69. The van der Waals surface area contributed by atoms with Gasteiger partial charge in [-0.25, -0.2) is 4.39 Å². The molecule has 0 saturated carbocycles. The Bertz CT molecular complexity index is 681. The average molecular weight is 286 g/mol. The number of anilines is 2. The van der Waals surface area contributed by atoms with E-state index in [2.05, 4.69) is 10.6 Å². The van der Waals surface area contributed by atoms with Crippen LogP contribution in [0.1, 0.15) is 22.8 Å². The first-order valence-corrected chi connectivity index (χ1v) is 6.41. The van der Waals surface area contributed by atoms with Gasteiger partial charge in [0.25, 0.3) is 5.91 Å². The monoisotopic (exact) mass is 286 g/mol. The van der Waals surface area contributed by atoms with E-state index >= 15 is 0 Å². The molecule has 2 N–H and O–H groups in total. The van der Waals surface area contributed by atoms with Gasteiger partial charge < -0.3 is 10.6 Å². The molecule has 0 saturated heterocycles. The maximum Gasteiger partial charge on any atom is 0.258 e. The summed E-state index contributed by atoms with van der Waals surface area (Å²) in [6, 6.07) is 11.0. The number of carbonyl (C=O) groups is 2. The molecule has 0 aliphatic rings. The summed E-state index contributed by atoms with van der Waals surface area (Å²) in [5.41, 5.74) is 1.89. The second-order valence-corrected chi connectivity index (χ2v) is 4.70. The molecule has 21 heavy (non-hydrogen) atoms. The predicted molar refractivity (Wildman–Crippen MR) is 79.8 cm³/mol. The van der Waals surface area contributed by atoms with Crippen LogP contribution < -0.4 is 10.6 Å². The van der Waals surface area contributed by atoms with Crippen molar-refractivity contribution >= 4 is 23.2 Å². The lowest BCUT2D eigenvalue weighted by Crippen LogP contribution is -2.14. The zero-order valence-electron chi connectivity index (χ0n) is 11.7. The number of benzene rings is 2. The lowest BCUT2D eigenvalue weighted by Gasteiger charge is -2.08. The number of hydrogen-bond donors (Lipinski definition) is 2. The summed E-state index contributed by atoms with van der Waals surface area (Å²) in [4.78, 5) is 22.9. The Balaban J connectivity index is 2.10. The molecule has 2 rings (SSSR count). The van der Waals surface area contributed by atoms with Gasteiger partial charge in [-0.05, 0) is 48.9 Å². The Labute approximate surface area is 122 Å². The zero-order valence-corrected chi connectivity index (χ0v) is 11.7. The second-order valence-electron chi connectivity index (χ2n) is 4.70. The van der Waals surface area contributed by atoms with E-state index in [1.165, 1.54) is 19.1 Å². The van der Waals surface area contributed by atoms with Crippen molar-refractivity contribution in [1.82, 2.24) is 0 Å². The van der Waals surface area contributed by atoms with Gasteiger partial charge in [-0.2, -0.15) is 0 Å². The highest BCUT2D eigenvalue weighted by atomic mass is 19.1. The van der Waals surface area contributed by atoms with Crippen LogP contribution in [0, 0.1) is 12.7 Å². The maximum atomic E-state index is 13.7. The number of aryl methyl sites for hydroxylation is 1. The lowest BCUT2D eigenvalue weighted by atomic mass is 10.1. The van der Waals surface area contributed by atoms with Gasteiger partial charge in [0, 0.05) is 18.3 Å². The molecule has 0 atom stereocenters. The summed E-state index contributed by atoms with van der Waals surface area (Å²) in [6.07, 6.45) is 0. The summed E-state index contributed by atoms with van der Waals surface area (Å²) in [5, 5.41) is 5.23. The third-order valence-corrected chi connectivity index (χ3v) is 2.83. The largest absolute Gasteiger partial charge is 0.326 e. The third kappa shape index (κ3) is 3.89. The van der Waals surface area contributed by atoms with Gasteiger partial charge in [0.05, 0.1) is 5.56 Å². The van der Waals surface area contributed by atoms with E-state index in [1.807, 2.05) is 0 Å². The van der Waals surface area contributed by atoms with E-state index in [1.54, 1.807) is 37.3 Å². The first kappa shape index (κ1) is 14.7. The van der Waals surface area contributed by atoms with Gasteiger partial charge in [-0.15, -0.1) is 0 Å². The SMILES string of the molecule is CC(=O)Nc1ccc(NC(=O)c2ccc(C)cc2F)cc1. The van der Waals surface area contributed by atoms with Crippen molar-refractivity contribution in [2.45, 2.75) is 13.8 Å². The first-order chi connectivity index (χ1) is 9.95. The summed E-state index contributed by atoms with van der Waals surface area (Å²) in [5.74, 6) is -1.24. The number of halogens is 1. The molecule has 0 bridgehead atoms. The molecular formula is C16H15FN2O2.